The molecule has 2 unspecified atom stereocenters. The van der Waals surface area contributed by atoms with Gasteiger partial charge in [-0.05, 0) is 44.7 Å². The molecule has 0 spiro atoms. The number of hydrogen-bond acceptors (Lipinski definition) is 4. The number of fused-ring (bicyclic) bond motifs is 2. The van der Waals surface area contributed by atoms with Gasteiger partial charge in [0, 0.05) is 23.7 Å². The second kappa shape index (κ2) is 6.93. The monoisotopic (exact) mass is 358 g/mol. The Bertz CT molecular complexity index is 741. The van der Waals surface area contributed by atoms with Crippen LogP contribution < -0.4 is 5.32 Å². The zero-order valence-corrected chi connectivity index (χ0v) is 15.0. The maximum atomic E-state index is 12.8. The van der Waals surface area contributed by atoms with Crippen molar-refractivity contribution in [2.75, 3.05) is 19.6 Å². The van der Waals surface area contributed by atoms with Crippen LogP contribution in [0.3, 0.4) is 0 Å². The molecular weight excluding hydrogens is 336 g/mol. The largest absolute Gasteiger partial charge is 0.380 e. The lowest BCUT2D eigenvalue weighted by atomic mass is 9.83. The predicted molar refractivity (Wildman–Crippen MR) is 97.9 cm³/mol. The number of ketones is 2. The number of Topliss-reactive ketones (excluding diaryl/α,β-unsaturated/α-hetero) is 2. The lowest BCUT2D eigenvalue weighted by Crippen LogP contribution is -2.50. The fourth-order valence-corrected chi connectivity index (χ4v) is 4.81. The predicted octanol–water partition coefficient (Wildman–Crippen LogP) is 3.37. The Balaban J connectivity index is 1.51. The van der Waals surface area contributed by atoms with E-state index in [1.807, 2.05) is 0 Å². The molecule has 0 saturated carbocycles. The van der Waals surface area contributed by atoms with E-state index in [4.69, 9.17) is 11.6 Å². The summed E-state index contributed by atoms with van der Waals surface area (Å²) in [4.78, 5) is 27.8. The van der Waals surface area contributed by atoms with Crippen molar-refractivity contribution in [3.63, 3.8) is 0 Å². The molecule has 1 aromatic rings. The van der Waals surface area contributed by atoms with Crippen molar-refractivity contribution < 1.29 is 9.59 Å². The van der Waals surface area contributed by atoms with E-state index in [2.05, 4.69) is 10.2 Å². The fraction of sp³-hybridized carbons (Fsp3) is 0.500. The lowest BCUT2D eigenvalue weighted by Gasteiger charge is -2.44. The highest BCUT2D eigenvalue weighted by atomic mass is 35.5. The van der Waals surface area contributed by atoms with Crippen LogP contribution >= 0.6 is 11.6 Å². The number of halogens is 1. The van der Waals surface area contributed by atoms with Crippen LogP contribution in [0.1, 0.15) is 52.8 Å². The molecule has 4 nitrogen and oxygen atoms in total. The minimum Gasteiger partial charge on any atom is -0.380 e. The van der Waals surface area contributed by atoms with Gasteiger partial charge in [-0.25, -0.2) is 0 Å². The van der Waals surface area contributed by atoms with Gasteiger partial charge in [0.25, 0.3) is 0 Å². The molecule has 0 amide bonds. The van der Waals surface area contributed by atoms with Crippen molar-refractivity contribution in [3.05, 3.63) is 46.1 Å². The molecule has 2 fully saturated rings. The number of allylic oxidation sites excluding steroid dienone is 2. The van der Waals surface area contributed by atoms with Crippen molar-refractivity contribution in [3.8, 4) is 0 Å². The standard InChI is InChI=1S/C20H23ClN2O2/c21-17-18(20(25)15-8-2-1-7-14(15)19(17)24)22-12-13-6-5-11-23-10-4-3-9-16(13)23/h1-2,7-8,13,16,22H,3-6,9-12H2. The first-order valence-electron chi connectivity index (χ1n) is 9.23. The summed E-state index contributed by atoms with van der Waals surface area (Å²) in [5, 5.41) is 3.27. The van der Waals surface area contributed by atoms with Crippen LogP contribution in [0.15, 0.2) is 35.0 Å². The number of nitrogens with one attached hydrogen (secondary N) is 1. The van der Waals surface area contributed by atoms with Gasteiger partial charge in [0.15, 0.2) is 0 Å². The summed E-state index contributed by atoms with van der Waals surface area (Å²) in [7, 11) is 0. The summed E-state index contributed by atoms with van der Waals surface area (Å²) < 4.78 is 0. The van der Waals surface area contributed by atoms with Crippen LogP contribution in [0.4, 0.5) is 0 Å². The van der Waals surface area contributed by atoms with Gasteiger partial charge >= 0.3 is 0 Å². The third-order valence-corrected chi connectivity index (χ3v) is 6.19. The SMILES string of the molecule is O=C1C(Cl)=C(NCC2CCCN3CCCCC23)C(=O)c2ccccc21. The molecular formula is C20H23ClN2O2. The van der Waals surface area contributed by atoms with E-state index in [0.717, 1.165) is 6.42 Å². The summed E-state index contributed by atoms with van der Waals surface area (Å²) >= 11 is 6.25. The Kier molecular flexibility index (Phi) is 4.65. The van der Waals surface area contributed by atoms with E-state index in [0.29, 0.717) is 29.6 Å². The van der Waals surface area contributed by atoms with E-state index in [-0.39, 0.29) is 22.3 Å². The fourth-order valence-electron chi connectivity index (χ4n) is 4.55. The van der Waals surface area contributed by atoms with Gasteiger partial charge in [-0.2, -0.15) is 0 Å². The van der Waals surface area contributed by atoms with Gasteiger partial charge in [0.1, 0.15) is 10.7 Å². The first kappa shape index (κ1) is 16.8. The molecule has 1 aromatic carbocycles. The summed E-state index contributed by atoms with van der Waals surface area (Å²) in [5.41, 5.74) is 1.12. The number of rotatable bonds is 3. The molecule has 3 aliphatic rings. The first-order valence-corrected chi connectivity index (χ1v) is 9.60. The van der Waals surface area contributed by atoms with E-state index in [9.17, 15) is 9.59 Å². The molecule has 0 radical (unpaired) electrons. The number of benzene rings is 1. The van der Waals surface area contributed by atoms with E-state index < -0.39 is 0 Å². The minimum absolute atomic E-state index is 0.0278. The maximum absolute atomic E-state index is 12.8. The van der Waals surface area contributed by atoms with Crippen molar-refractivity contribution in [2.45, 2.75) is 38.1 Å². The number of hydrogen-bond donors (Lipinski definition) is 1. The van der Waals surface area contributed by atoms with Crippen molar-refractivity contribution in [1.29, 1.82) is 0 Å². The molecule has 4 rings (SSSR count). The summed E-state index contributed by atoms with van der Waals surface area (Å²) in [6, 6.07) is 7.49. The molecule has 25 heavy (non-hydrogen) atoms. The zero-order chi connectivity index (χ0) is 17.4. The van der Waals surface area contributed by atoms with Crippen molar-refractivity contribution in [1.82, 2.24) is 10.2 Å². The van der Waals surface area contributed by atoms with Crippen LogP contribution in [-0.2, 0) is 0 Å². The third-order valence-electron chi connectivity index (χ3n) is 5.83. The summed E-state index contributed by atoms with van der Waals surface area (Å²) in [5.74, 6) is 0.0740. The van der Waals surface area contributed by atoms with Gasteiger partial charge in [-0.1, -0.05) is 42.3 Å². The highest BCUT2D eigenvalue weighted by Crippen LogP contribution is 2.32. The highest BCUT2D eigenvalue weighted by Gasteiger charge is 2.35. The van der Waals surface area contributed by atoms with Gasteiger partial charge in [0.05, 0.1) is 0 Å². The molecule has 2 atom stereocenters. The number of carbonyl (C=O) groups excluding carboxylic acids is 2. The molecule has 2 aliphatic heterocycles. The number of piperidine rings is 2. The average molecular weight is 359 g/mol. The van der Waals surface area contributed by atoms with Crippen LogP contribution in [0.5, 0.6) is 0 Å². The highest BCUT2D eigenvalue weighted by molar-refractivity contribution is 6.49. The molecule has 5 heteroatoms. The van der Waals surface area contributed by atoms with Crippen LogP contribution in [0, 0.1) is 5.92 Å². The minimum atomic E-state index is -0.262. The second-order valence-corrected chi connectivity index (χ2v) is 7.65. The smallest absolute Gasteiger partial charge is 0.211 e. The van der Waals surface area contributed by atoms with Crippen LogP contribution in [0.2, 0.25) is 0 Å². The topological polar surface area (TPSA) is 49.4 Å². The van der Waals surface area contributed by atoms with E-state index in [1.54, 1.807) is 24.3 Å². The Morgan fingerprint density at radius 3 is 2.52 bits per heavy atom. The summed E-state index contributed by atoms with van der Waals surface area (Å²) in [6.07, 6.45) is 6.17. The molecule has 1 N–H and O–H groups in total. The van der Waals surface area contributed by atoms with Crippen LogP contribution in [0.25, 0.3) is 0 Å². The average Bonchev–Trinajstić information content (AvgIpc) is 2.66. The normalized spacial score (nSPS) is 27.1. The van der Waals surface area contributed by atoms with Crippen molar-refractivity contribution in [2.24, 2.45) is 5.92 Å². The molecule has 0 bridgehead atoms. The Hall–Kier alpha value is -1.65. The zero-order valence-electron chi connectivity index (χ0n) is 14.3. The Labute approximate surface area is 153 Å². The Morgan fingerprint density at radius 2 is 1.72 bits per heavy atom. The van der Waals surface area contributed by atoms with Gasteiger partial charge < -0.3 is 10.2 Å². The summed E-state index contributed by atoms with van der Waals surface area (Å²) in [6.45, 7) is 3.08. The molecule has 0 aromatic heterocycles. The molecule has 2 saturated heterocycles. The molecule has 132 valence electrons. The first-order chi connectivity index (χ1) is 12.2. The van der Waals surface area contributed by atoms with E-state index in [1.165, 1.54) is 38.8 Å². The maximum Gasteiger partial charge on any atom is 0.211 e. The van der Waals surface area contributed by atoms with Crippen LogP contribution in [-0.4, -0.2) is 42.1 Å². The Morgan fingerprint density at radius 1 is 1.00 bits per heavy atom. The van der Waals surface area contributed by atoms with Gasteiger partial charge in [-0.15, -0.1) is 0 Å². The number of nitrogens with zero attached hydrogens (tertiary/aromatic N) is 1. The lowest BCUT2D eigenvalue weighted by molar-refractivity contribution is 0.0602. The van der Waals surface area contributed by atoms with Crippen molar-refractivity contribution >= 4 is 23.2 Å². The van der Waals surface area contributed by atoms with E-state index >= 15 is 0 Å². The quantitative estimate of drug-likeness (QED) is 0.900. The molecule has 1 aliphatic carbocycles. The van der Waals surface area contributed by atoms with Gasteiger partial charge in [0.2, 0.25) is 11.6 Å². The third kappa shape index (κ3) is 3.02. The van der Waals surface area contributed by atoms with Gasteiger partial charge in [-0.3, -0.25) is 9.59 Å². The second-order valence-electron chi connectivity index (χ2n) is 7.28. The number of carbonyl (C=O) groups is 2. The molecule has 2 heterocycles.